The first kappa shape index (κ1) is 13.6. The van der Waals surface area contributed by atoms with E-state index < -0.39 is 0 Å². The molecule has 2 rings (SSSR count). The first-order valence-electron chi connectivity index (χ1n) is 5.37. The number of carbonyl (C=O) groups is 1. The van der Waals surface area contributed by atoms with Crippen LogP contribution in [0.4, 0.5) is 5.69 Å². The molecular formula is C13H10Cl2N2O2. The summed E-state index contributed by atoms with van der Waals surface area (Å²) in [5, 5.41) is 3.44. The molecule has 19 heavy (non-hydrogen) atoms. The van der Waals surface area contributed by atoms with E-state index >= 15 is 0 Å². The first-order valence-corrected chi connectivity index (χ1v) is 6.13. The number of ether oxygens (including phenoxy) is 1. The Morgan fingerprint density at radius 2 is 2.11 bits per heavy atom. The number of anilines is 1. The number of aromatic nitrogens is 1. The number of benzene rings is 1. The summed E-state index contributed by atoms with van der Waals surface area (Å²) >= 11 is 11.8. The Bertz CT molecular complexity index is 617. The Kier molecular flexibility index (Phi) is 4.24. The van der Waals surface area contributed by atoms with Gasteiger partial charge in [-0.2, -0.15) is 0 Å². The topological polar surface area (TPSA) is 51.2 Å². The van der Waals surface area contributed by atoms with Gasteiger partial charge in [0, 0.05) is 11.2 Å². The minimum absolute atomic E-state index is 0.285. The van der Waals surface area contributed by atoms with E-state index in [2.05, 4.69) is 10.3 Å². The van der Waals surface area contributed by atoms with Gasteiger partial charge in [-0.1, -0.05) is 23.2 Å². The standard InChI is InChI=1S/C13H10Cl2N2O2/c1-19-13-11(3-2-6-16-13)17-12(18)9-5-4-8(14)7-10(9)15/h2-7H,1H3,(H,17,18). The van der Waals surface area contributed by atoms with E-state index in [-0.39, 0.29) is 10.9 Å². The minimum Gasteiger partial charge on any atom is -0.480 e. The summed E-state index contributed by atoms with van der Waals surface area (Å²) in [4.78, 5) is 16.1. The molecule has 1 amide bonds. The number of halogens is 2. The van der Waals surface area contributed by atoms with Gasteiger partial charge in [0.25, 0.3) is 5.91 Å². The van der Waals surface area contributed by atoms with Crippen molar-refractivity contribution in [3.8, 4) is 5.88 Å². The second-order valence-electron chi connectivity index (χ2n) is 3.64. The van der Waals surface area contributed by atoms with Crippen molar-refractivity contribution in [3.63, 3.8) is 0 Å². The number of methoxy groups -OCH3 is 1. The molecule has 6 heteroatoms. The Labute approximate surface area is 120 Å². The summed E-state index contributed by atoms with van der Waals surface area (Å²) in [5.74, 6) is -0.0195. The normalized spacial score (nSPS) is 10.1. The highest BCUT2D eigenvalue weighted by molar-refractivity contribution is 6.37. The molecule has 0 radical (unpaired) electrons. The fraction of sp³-hybridized carbons (Fsp3) is 0.0769. The smallest absolute Gasteiger partial charge is 0.257 e. The largest absolute Gasteiger partial charge is 0.480 e. The number of rotatable bonds is 3. The van der Waals surface area contributed by atoms with Gasteiger partial charge < -0.3 is 10.1 Å². The second kappa shape index (κ2) is 5.91. The van der Waals surface area contributed by atoms with Crippen LogP contribution in [0.3, 0.4) is 0 Å². The Balaban J connectivity index is 2.26. The molecule has 1 aromatic heterocycles. The van der Waals surface area contributed by atoms with Crippen molar-refractivity contribution in [2.75, 3.05) is 12.4 Å². The van der Waals surface area contributed by atoms with E-state index in [1.807, 2.05) is 0 Å². The van der Waals surface area contributed by atoms with Crippen LogP contribution in [0.15, 0.2) is 36.5 Å². The van der Waals surface area contributed by atoms with Crippen LogP contribution in [0.5, 0.6) is 5.88 Å². The van der Waals surface area contributed by atoms with Crippen LogP contribution in [0.1, 0.15) is 10.4 Å². The Hall–Kier alpha value is -1.78. The van der Waals surface area contributed by atoms with Crippen molar-refractivity contribution in [1.82, 2.24) is 4.98 Å². The molecule has 1 N–H and O–H groups in total. The van der Waals surface area contributed by atoms with Gasteiger partial charge in [0.2, 0.25) is 5.88 Å². The van der Waals surface area contributed by atoms with Crippen LogP contribution in [0.25, 0.3) is 0 Å². The molecule has 0 atom stereocenters. The fourth-order valence-corrected chi connectivity index (χ4v) is 2.01. The van der Waals surface area contributed by atoms with Gasteiger partial charge in [-0.15, -0.1) is 0 Å². The predicted molar refractivity (Wildman–Crippen MR) is 75.2 cm³/mol. The third-order valence-electron chi connectivity index (χ3n) is 2.39. The zero-order valence-corrected chi connectivity index (χ0v) is 11.5. The van der Waals surface area contributed by atoms with Crippen molar-refractivity contribution in [3.05, 3.63) is 52.1 Å². The Morgan fingerprint density at radius 1 is 1.32 bits per heavy atom. The highest BCUT2D eigenvalue weighted by Crippen LogP contribution is 2.24. The average Bonchev–Trinajstić information content (AvgIpc) is 2.39. The monoisotopic (exact) mass is 296 g/mol. The van der Waals surface area contributed by atoms with Crippen molar-refractivity contribution in [2.45, 2.75) is 0 Å². The zero-order valence-electron chi connectivity index (χ0n) is 9.98. The highest BCUT2D eigenvalue weighted by atomic mass is 35.5. The van der Waals surface area contributed by atoms with Gasteiger partial charge >= 0.3 is 0 Å². The number of amides is 1. The van der Waals surface area contributed by atoms with Gasteiger partial charge in [0.05, 0.1) is 17.7 Å². The minimum atomic E-state index is -0.354. The molecule has 0 saturated carbocycles. The number of hydrogen-bond donors (Lipinski definition) is 1. The van der Waals surface area contributed by atoms with Crippen LogP contribution >= 0.6 is 23.2 Å². The molecule has 98 valence electrons. The number of nitrogens with zero attached hydrogens (tertiary/aromatic N) is 1. The van der Waals surface area contributed by atoms with E-state index in [0.29, 0.717) is 22.2 Å². The summed E-state index contributed by atoms with van der Waals surface area (Å²) < 4.78 is 5.05. The number of hydrogen-bond acceptors (Lipinski definition) is 3. The maximum atomic E-state index is 12.1. The lowest BCUT2D eigenvalue weighted by Gasteiger charge is -2.09. The molecule has 0 spiro atoms. The van der Waals surface area contributed by atoms with Gasteiger partial charge in [-0.25, -0.2) is 4.98 Å². The molecule has 0 saturated heterocycles. The molecule has 0 aliphatic rings. The van der Waals surface area contributed by atoms with Gasteiger partial charge in [-0.3, -0.25) is 4.79 Å². The van der Waals surface area contributed by atoms with Crippen LogP contribution < -0.4 is 10.1 Å². The fourth-order valence-electron chi connectivity index (χ4n) is 1.51. The molecule has 4 nitrogen and oxygen atoms in total. The van der Waals surface area contributed by atoms with Crippen molar-refractivity contribution in [2.24, 2.45) is 0 Å². The average molecular weight is 297 g/mol. The molecule has 0 fully saturated rings. The van der Waals surface area contributed by atoms with Crippen molar-refractivity contribution >= 4 is 34.8 Å². The van der Waals surface area contributed by atoms with E-state index in [1.165, 1.54) is 13.2 Å². The lowest BCUT2D eigenvalue weighted by Crippen LogP contribution is -2.13. The molecular weight excluding hydrogens is 287 g/mol. The van der Waals surface area contributed by atoms with E-state index in [1.54, 1.807) is 30.5 Å². The zero-order chi connectivity index (χ0) is 13.8. The predicted octanol–water partition coefficient (Wildman–Crippen LogP) is 3.65. The number of nitrogens with one attached hydrogen (secondary N) is 1. The Morgan fingerprint density at radius 3 is 2.79 bits per heavy atom. The number of carbonyl (C=O) groups excluding carboxylic acids is 1. The maximum Gasteiger partial charge on any atom is 0.257 e. The third kappa shape index (κ3) is 3.16. The van der Waals surface area contributed by atoms with Crippen molar-refractivity contribution in [1.29, 1.82) is 0 Å². The molecule has 1 heterocycles. The third-order valence-corrected chi connectivity index (χ3v) is 2.94. The van der Waals surface area contributed by atoms with Crippen molar-refractivity contribution < 1.29 is 9.53 Å². The quantitative estimate of drug-likeness (QED) is 0.940. The van der Waals surface area contributed by atoms with Crippen LogP contribution in [0, 0.1) is 0 Å². The summed E-state index contributed by atoms with van der Waals surface area (Å²) in [7, 11) is 1.48. The van der Waals surface area contributed by atoms with E-state index in [0.717, 1.165) is 0 Å². The second-order valence-corrected chi connectivity index (χ2v) is 4.48. The summed E-state index contributed by atoms with van der Waals surface area (Å²) in [6.45, 7) is 0. The van der Waals surface area contributed by atoms with Gasteiger partial charge in [-0.05, 0) is 30.3 Å². The molecule has 0 unspecified atom stereocenters. The highest BCUT2D eigenvalue weighted by Gasteiger charge is 2.13. The van der Waals surface area contributed by atoms with Crippen LogP contribution in [-0.2, 0) is 0 Å². The lowest BCUT2D eigenvalue weighted by atomic mass is 10.2. The SMILES string of the molecule is COc1ncccc1NC(=O)c1ccc(Cl)cc1Cl. The van der Waals surface area contributed by atoms with E-state index in [4.69, 9.17) is 27.9 Å². The first-order chi connectivity index (χ1) is 9.11. The molecule has 0 bridgehead atoms. The molecule has 2 aromatic rings. The molecule has 0 aliphatic heterocycles. The van der Waals surface area contributed by atoms with E-state index in [9.17, 15) is 4.79 Å². The molecule has 1 aromatic carbocycles. The van der Waals surface area contributed by atoms with Gasteiger partial charge in [0.1, 0.15) is 5.69 Å². The lowest BCUT2D eigenvalue weighted by molar-refractivity contribution is 0.102. The maximum absolute atomic E-state index is 12.1. The number of pyridine rings is 1. The van der Waals surface area contributed by atoms with Gasteiger partial charge in [0.15, 0.2) is 0 Å². The summed E-state index contributed by atoms with van der Waals surface area (Å²) in [6.07, 6.45) is 1.57. The van der Waals surface area contributed by atoms with Crippen LogP contribution in [0.2, 0.25) is 10.0 Å². The van der Waals surface area contributed by atoms with Crippen LogP contribution in [-0.4, -0.2) is 18.0 Å². The summed E-state index contributed by atoms with van der Waals surface area (Å²) in [6, 6.07) is 8.05. The summed E-state index contributed by atoms with van der Waals surface area (Å²) in [5.41, 5.74) is 0.804. The molecule has 0 aliphatic carbocycles.